The van der Waals surface area contributed by atoms with Gasteiger partial charge in [-0.1, -0.05) is 39.3 Å². The first-order valence-electron chi connectivity index (χ1n) is 18.4. The van der Waals surface area contributed by atoms with Crippen LogP contribution in [0.15, 0.2) is 29.3 Å². The molecule has 2 saturated heterocycles. The van der Waals surface area contributed by atoms with Gasteiger partial charge in [0.25, 0.3) is 5.91 Å². The van der Waals surface area contributed by atoms with E-state index in [-0.39, 0.29) is 84.8 Å². The van der Waals surface area contributed by atoms with Crippen LogP contribution in [0.2, 0.25) is 0 Å². The minimum Gasteiger partial charge on any atom is -0.425 e. The zero-order valence-corrected chi connectivity index (χ0v) is 34.2. The van der Waals surface area contributed by atoms with Crippen molar-refractivity contribution < 1.29 is 33.0 Å². The maximum Gasteiger partial charge on any atom is 0.325 e. The van der Waals surface area contributed by atoms with Crippen LogP contribution in [0.1, 0.15) is 103 Å². The van der Waals surface area contributed by atoms with Gasteiger partial charge in [0.15, 0.2) is 6.40 Å². The summed E-state index contributed by atoms with van der Waals surface area (Å²) in [5.74, 6) is 0.103. The molecular formula is C37H61N6O7PS. The minimum absolute atomic E-state index is 0.0236. The predicted molar refractivity (Wildman–Crippen MR) is 209 cm³/mol. The number of carbonyl (C=O) groups excluding carboxylic acids is 4. The smallest absolute Gasteiger partial charge is 0.325 e. The number of benzene rings is 1. The van der Waals surface area contributed by atoms with Crippen molar-refractivity contribution >= 4 is 50.4 Å². The molecule has 2 heterocycles. The number of imide groups is 1. The fraction of sp³-hybridized carbons (Fsp3) is 0.703. The van der Waals surface area contributed by atoms with Crippen molar-refractivity contribution in [2.45, 2.75) is 128 Å². The van der Waals surface area contributed by atoms with Gasteiger partial charge in [0.1, 0.15) is 0 Å². The largest absolute Gasteiger partial charge is 0.425 e. The number of aliphatic imine (C=N–C) groups is 1. The third-order valence-corrected chi connectivity index (χ3v) is 12.4. The molecule has 2 fully saturated rings. The fourth-order valence-electron chi connectivity index (χ4n) is 6.32. The highest BCUT2D eigenvalue weighted by molar-refractivity contribution is 8.00. The van der Waals surface area contributed by atoms with Crippen molar-refractivity contribution in [3.05, 3.63) is 35.4 Å². The number of hydrogen-bond acceptors (Lipinski definition) is 10. The van der Waals surface area contributed by atoms with Gasteiger partial charge in [-0.15, -0.1) is 0 Å². The molecule has 5 amide bonds. The molecule has 5 unspecified atom stereocenters. The molecular weight excluding hydrogens is 703 g/mol. The number of nitrogens with one attached hydrogen (secondary N) is 3. The molecule has 2 aliphatic rings. The lowest BCUT2D eigenvalue weighted by Crippen LogP contribution is -2.43. The number of methoxy groups -OCH3 is 1. The zero-order valence-electron chi connectivity index (χ0n) is 32.5. The van der Waals surface area contributed by atoms with E-state index in [0.717, 1.165) is 18.4 Å². The number of fused-ring (bicyclic) bond motifs is 1. The van der Waals surface area contributed by atoms with Crippen molar-refractivity contribution in [1.29, 1.82) is 0 Å². The lowest BCUT2D eigenvalue weighted by atomic mass is 9.86. The number of urea groups is 1. The maximum atomic E-state index is 13.3. The number of carbonyl (C=O) groups is 4. The highest BCUT2D eigenvalue weighted by Crippen LogP contribution is 2.45. The molecule has 0 aliphatic carbocycles. The van der Waals surface area contributed by atoms with E-state index in [1.54, 1.807) is 31.0 Å². The SMILES string of the molecule is CC/N=C/OP(OCC(COC)NC(=O)CCNC(=O)CCCCC1SCC2C1NC(=O)N2C(=O)c1ccc(C(C)(C)C)cc1)N(C(C)C)C(C)C. The molecule has 0 saturated carbocycles. The molecule has 0 spiro atoms. The van der Waals surface area contributed by atoms with Gasteiger partial charge in [-0.3, -0.25) is 24.3 Å². The summed E-state index contributed by atoms with van der Waals surface area (Å²) in [5.41, 5.74) is 1.62. The Hall–Kier alpha value is -2.77. The lowest BCUT2D eigenvalue weighted by molar-refractivity contribution is -0.123. The second-order valence-corrected chi connectivity index (χ2v) is 17.5. The number of unbranched alkanes of at least 4 members (excludes halogenated alkanes) is 1. The number of thioether (sulfide) groups is 1. The third kappa shape index (κ3) is 13.0. The van der Waals surface area contributed by atoms with Crippen LogP contribution >= 0.6 is 20.3 Å². The Labute approximate surface area is 316 Å². The molecule has 0 bridgehead atoms. The highest BCUT2D eigenvalue weighted by atomic mass is 32.2. The van der Waals surface area contributed by atoms with Gasteiger partial charge in [0.05, 0.1) is 31.3 Å². The van der Waals surface area contributed by atoms with Crippen molar-refractivity contribution in [2.24, 2.45) is 4.99 Å². The van der Waals surface area contributed by atoms with Crippen molar-refractivity contribution in [1.82, 2.24) is 25.5 Å². The Morgan fingerprint density at radius 1 is 1.08 bits per heavy atom. The second kappa shape index (κ2) is 21.2. The Kier molecular flexibility index (Phi) is 17.8. The summed E-state index contributed by atoms with van der Waals surface area (Å²) in [6.45, 7) is 17.9. The fourth-order valence-corrected chi connectivity index (χ4v) is 9.42. The van der Waals surface area contributed by atoms with E-state index in [9.17, 15) is 19.2 Å². The first-order valence-corrected chi connectivity index (χ1v) is 20.6. The predicted octanol–water partition coefficient (Wildman–Crippen LogP) is 5.63. The second-order valence-electron chi connectivity index (χ2n) is 14.8. The number of hydrogen-bond donors (Lipinski definition) is 3. The summed E-state index contributed by atoms with van der Waals surface area (Å²) in [4.78, 5) is 57.1. The first kappa shape index (κ1) is 43.6. The van der Waals surface area contributed by atoms with Gasteiger partial charge < -0.3 is 29.7 Å². The van der Waals surface area contributed by atoms with Crippen LogP contribution in [0.4, 0.5) is 4.79 Å². The molecule has 13 nitrogen and oxygen atoms in total. The van der Waals surface area contributed by atoms with E-state index in [2.05, 4.69) is 74.1 Å². The van der Waals surface area contributed by atoms with E-state index in [4.69, 9.17) is 13.8 Å². The molecule has 1 aromatic carbocycles. The summed E-state index contributed by atoms with van der Waals surface area (Å²) >= 11 is 1.77. The van der Waals surface area contributed by atoms with Crippen LogP contribution in [0, 0.1) is 0 Å². The van der Waals surface area contributed by atoms with Gasteiger partial charge in [-0.2, -0.15) is 11.8 Å². The molecule has 52 heavy (non-hydrogen) atoms. The zero-order chi connectivity index (χ0) is 38.4. The summed E-state index contributed by atoms with van der Waals surface area (Å²) in [6, 6.07) is 6.85. The third-order valence-electron chi connectivity index (χ3n) is 8.93. The quantitative estimate of drug-likeness (QED) is 0.0476. The normalized spacial score (nSPS) is 20.0. The lowest BCUT2D eigenvalue weighted by Gasteiger charge is -2.35. The van der Waals surface area contributed by atoms with Crippen LogP contribution in [-0.2, 0) is 28.8 Å². The van der Waals surface area contributed by atoms with E-state index in [0.29, 0.717) is 30.7 Å². The first-order chi connectivity index (χ1) is 24.7. The average Bonchev–Trinajstić information content (AvgIpc) is 3.61. The number of nitrogens with zero attached hydrogens (tertiary/aromatic N) is 3. The van der Waals surface area contributed by atoms with Crippen LogP contribution < -0.4 is 16.0 Å². The molecule has 0 aromatic heterocycles. The monoisotopic (exact) mass is 764 g/mol. The molecule has 3 rings (SSSR count). The minimum atomic E-state index is -1.45. The number of ether oxygens (including phenoxy) is 1. The van der Waals surface area contributed by atoms with E-state index in [1.165, 1.54) is 11.3 Å². The standard InChI is InChI=1S/C37H61N6O7PS/c1-10-38-24-50-51(43(25(2)3)26(4)5)49-22-29(21-48-9)40-33(45)19-20-39-32(44)14-12-11-13-31-34-30(23-52-31)42(36(47)41-34)35(46)27-15-17-28(18-16-27)37(6,7)8/h15-18,24-26,29-31,34H,10-14,19-23H2,1-9H3,(H,39,44)(H,40,45)(H,41,47)/b38-24+. The topological polar surface area (TPSA) is 151 Å². The summed E-state index contributed by atoms with van der Waals surface area (Å²) in [7, 11) is 0.117. The van der Waals surface area contributed by atoms with Crippen LogP contribution in [-0.4, -0.2) is 114 Å². The molecule has 1 aromatic rings. The van der Waals surface area contributed by atoms with Crippen molar-refractivity contribution in [3.8, 4) is 0 Å². The maximum absolute atomic E-state index is 13.3. The summed E-state index contributed by atoms with van der Waals surface area (Å²) in [6.07, 6.45) is 4.24. The van der Waals surface area contributed by atoms with Gasteiger partial charge in [0, 0.05) is 61.7 Å². The Morgan fingerprint density at radius 3 is 2.38 bits per heavy atom. The molecule has 15 heteroatoms. The Balaban J connectivity index is 1.37. The van der Waals surface area contributed by atoms with Gasteiger partial charge in [-0.05, 0) is 70.6 Å². The number of amides is 5. The molecule has 5 atom stereocenters. The molecule has 3 N–H and O–H groups in total. The summed E-state index contributed by atoms with van der Waals surface area (Å²) in [5, 5.41) is 9.02. The van der Waals surface area contributed by atoms with Crippen molar-refractivity contribution in [2.75, 3.05) is 39.2 Å². The van der Waals surface area contributed by atoms with E-state index >= 15 is 0 Å². The van der Waals surface area contributed by atoms with Crippen LogP contribution in [0.5, 0.6) is 0 Å². The van der Waals surface area contributed by atoms with Gasteiger partial charge in [0.2, 0.25) is 11.8 Å². The Morgan fingerprint density at radius 2 is 1.77 bits per heavy atom. The molecule has 0 radical (unpaired) electrons. The van der Waals surface area contributed by atoms with Crippen LogP contribution in [0.3, 0.4) is 0 Å². The van der Waals surface area contributed by atoms with Gasteiger partial charge >= 0.3 is 14.6 Å². The molecule has 2 aliphatic heterocycles. The number of rotatable bonds is 21. The van der Waals surface area contributed by atoms with Crippen molar-refractivity contribution in [3.63, 3.8) is 0 Å². The van der Waals surface area contributed by atoms with Gasteiger partial charge in [-0.25, -0.2) is 9.46 Å². The summed E-state index contributed by atoms with van der Waals surface area (Å²) < 4.78 is 19.5. The Bertz CT molecular complexity index is 1330. The molecule has 292 valence electrons. The van der Waals surface area contributed by atoms with Crippen LogP contribution in [0.25, 0.3) is 0 Å². The average molecular weight is 765 g/mol. The highest BCUT2D eigenvalue weighted by Gasteiger charge is 2.50. The van der Waals surface area contributed by atoms with E-state index < -0.39 is 14.6 Å². The van der Waals surface area contributed by atoms with E-state index in [1.807, 2.05) is 19.1 Å².